The van der Waals surface area contributed by atoms with Crippen molar-refractivity contribution in [3.8, 4) is 0 Å². The highest BCUT2D eigenvalue weighted by molar-refractivity contribution is 4.79. The van der Waals surface area contributed by atoms with E-state index in [1.165, 1.54) is 25.7 Å². The second kappa shape index (κ2) is 4.83. The first kappa shape index (κ1) is 10.0. The van der Waals surface area contributed by atoms with Gasteiger partial charge in [0.25, 0.3) is 0 Å². The van der Waals surface area contributed by atoms with Gasteiger partial charge >= 0.3 is 0 Å². The number of nitrogens with one attached hydrogen (secondary N) is 1. The number of nitrogens with two attached hydrogens (primary N) is 1. The van der Waals surface area contributed by atoms with Crippen LogP contribution in [0.5, 0.6) is 0 Å². The molecule has 1 aliphatic rings. The van der Waals surface area contributed by atoms with Gasteiger partial charge in [-0.1, -0.05) is 19.8 Å². The molecule has 0 radical (unpaired) electrons. The lowest BCUT2D eigenvalue weighted by molar-refractivity contribution is 0.252. The molecule has 0 aromatic carbocycles. The minimum Gasteiger partial charge on any atom is -0.326 e. The van der Waals surface area contributed by atoms with Gasteiger partial charge in [-0.25, -0.2) is 0 Å². The van der Waals surface area contributed by atoms with Crippen molar-refractivity contribution in [3.05, 3.63) is 0 Å². The zero-order valence-corrected chi connectivity index (χ0v) is 8.34. The molecule has 1 unspecified atom stereocenters. The van der Waals surface area contributed by atoms with E-state index in [-0.39, 0.29) is 0 Å². The average molecular weight is 170 g/mol. The smallest absolute Gasteiger partial charge is 0.0193 e. The summed E-state index contributed by atoms with van der Waals surface area (Å²) < 4.78 is 0. The van der Waals surface area contributed by atoms with Gasteiger partial charge in [-0.2, -0.15) is 0 Å². The van der Waals surface area contributed by atoms with E-state index in [2.05, 4.69) is 12.2 Å². The zero-order chi connectivity index (χ0) is 8.97. The van der Waals surface area contributed by atoms with Crippen molar-refractivity contribution in [3.63, 3.8) is 0 Å². The van der Waals surface area contributed by atoms with Crippen LogP contribution in [-0.4, -0.2) is 19.6 Å². The lowest BCUT2D eigenvalue weighted by Gasteiger charge is -2.30. The molecule has 0 spiro atoms. The quantitative estimate of drug-likeness (QED) is 0.671. The van der Waals surface area contributed by atoms with Crippen molar-refractivity contribution in [2.45, 2.75) is 38.6 Å². The van der Waals surface area contributed by atoms with E-state index in [0.717, 1.165) is 18.4 Å². The Balaban J connectivity index is 2.24. The molecule has 3 N–H and O–H groups in total. The van der Waals surface area contributed by atoms with Gasteiger partial charge in [0.1, 0.15) is 0 Å². The van der Waals surface area contributed by atoms with Crippen molar-refractivity contribution in [1.29, 1.82) is 0 Å². The van der Waals surface area contributed by atoms with E-state index in [9.17, 15) is 0 Å². The maximum absolute atomic E-state index is 6.04. The molecule has 0 aromatic heterocycles. The number of likely N-dealkylation sites (N-methyl/N-ethyl adjacent to an activating group) is 1. The van der Waals surface area contributed by atoms with Crippen LogP contribution in [0.3, 0.4) is 0 Å². The predicted molar refractivity (Wildman–Crippen MR) is 53.0 cm³/mol. The Bertz CT molecular complexity index is 117. The van der Waals surface area contributed by atoms with Gasteiger partial charge in [-0.15, -0.1) is 0 Å². The van der Waals surface area contributed by atoms with E-state index in [1.54, 1.807) is 0 Å². The Hall–Kier alpha value is -0.0800. The Morgan fingerprint density at radius 3 is 2.42 bits per heavy atom. The molecule has 0 amide bonds. The fourth-order valence-corrected chi connectivity index (χ4v) is 2.12. The third-order valence-electron chi connectivity index (χ3n) is 3.11. The van der Waals surface area contributed by atoms with Crippen LogP contribution < -0.4 is 11.1 Å². The van der Waals surface area contributed by atoms with E-state index >= 15 is 0 Å². The molecular formula is C10H22N2. The summed E-state index contributed by atoms with van der Waals surface area (Å²) in [6.07, 6.45) is 5.43. The van der Waals surface area contributed by atoms with Crippen molar-refractivity contribution in [1.82, 2.24) is 5.32 Å². The second-order valence-electron chi connectivity index (χ2n) is 4.24. The topological polar surface area (TPSA) is 38.0 Å². The van der Waals surface area contributed by atoms with Crippen LogP contribution >= 0.6 is 0 Å². The summed E-state index contributed by atoms with van der Waals surface area (Å²) in [7, 11) is 1.98. The van der Waals surface area contributed by atoms with Crippen LogP contribution in [0.15, 0.2) is 0 Å². The summed E-state index contributed by atoms with van der Waals surface area (Å²) in [6.45, 7) is 3.32. The number of hydrogen-bond acceptors (Lipinski definition) is 2. The first-order valence-electron chi connectivity index (χ1n) is 5.14. The van der Waals surface area contributed by atoms with E-state index in [4.69, 9.17) is 5.73 Å². The lowest BCUT2D eigenvalue weighted by atomic mass is 9.79. The standard InChI is InChI=1S/C10H22N2/c1-8-3-5-9(6-4-8)10(11)7-12-2/h8-10,12H,3-7,11H2,1-2H3. The highest BCUT2D eigenvalue weighted by Gasteiger charge is 2.22. The molecule has 1 atom stereocenters. The molecule has 1 aliphatic carbocycles. The normalized spacial score (nSPS) is 33.2. The molecule has 12 heavy (non-hydrogen) atoms. The van der Waals surface area contributed by atoms with E-state index in [1.807, 2.05) is 7.05 Å². The maximum Gasteiger partial charge on any atom is 0.0193 e. The highest BCUT2D eigenvalue weighted by Crippen LogP contribution is 2.29. The monoisotopic (exact) mass is 170 g/mol. The van der Waals surface area contributed by atoms with Crippen LogP contribution in [0.4, 0.5) is 0 Å². The van der Waals surface area contributed by atoms with E-state index < -0.39 is 0 Å². The first-order valence-corrected chi connectivity index (χ1v) is 5.14. The Labute approximate surface area is 75.9 Å². The third kappa shape index (κ3) is 2.76. The first-order chi connectivity index (χ1) is 5.74. The largest absolute Gasteiger partial charge is 0.326 e. The van der Waals surface area contributed by atoms with Gasteiger partial charge in [-0.3, -0.25) is 0 Å². The lowest BCUT2D eigenvalue weighted by Crippen LogP contribution is -2.40. The summed E-state index contributed by atoms with van der Waals surface area (Å²) >= 11 is 0. The minimum atomic E-state index is 0.377. The van der Waals surface area contributed by atoms with Crippen LogP contribution in [0.2, 0.25) is 0 Å². The molecule has 2 heteroatoms. The van der Waals surface area contributed by atoms with Crippen molar-refractivity contribution < 1.29 is 0 Å². The predicted octanol–water partition coefficient (Wildman–Crippen LogP) is 1.36. The Morgan fingerprint density at radius 2 is 1.92 bits per heavy atom. The summed E-state index contributed by atoms with van der Waals surface area (Å²) in [5.74, 6) is 1.71. The second-order valence-corrected chi connectivity index (χ2v) is 4.24. The van der Waals surface area contributed by atoms with Crippen molar-refractivity contribution in [2.75, 3.05) is 13.6 Å². The molecule has 1 rings (SSSR count). The van der Waals surface area contributed by atoms with Gasteiger partial charge in [0, 0.05) is 12.6 Å². The Kier molecular flexibility index (Phi) is 4.02. The van der Waals surface area contributed by atoms with Gasteiger partial charge in [-0.05, 0) is 31.7 Å². The van der Waals surface area contributed by atoms with Crippen molar-refractivity contribution in [2.24, 2.45) is 17.6 Å². The minimum absolute atomic E-state index is 0.377. The molecule has 0 bridgehead atoms. The fraction of sp³-hybridized carbons (Fsp3) is 1.00. The molecule has 0 heterocycles. The number of hydrogen-bond donors (Lipinski definition) is 2. The van der Waals surface area contributed by atoms with Gasteiger partial charge in [0.05, 0.1) is 0 Å². The van der Waals surface area contributed by atoms with Gasteiger partial charge < -0.3 is 11.1 Å². The molecule has 1 saturated carbocycles. The fourth-order valence-electron chi connectivity index (χ4n) is 2.12. The Morgan fingerprint density at radius 1 is 1.33 bits per heavy atom. The van der Waals surface area contributed by atoms with Gasteiger partial charge in [0.2, 0.25) is 0 Å². The molecule has 2 nitrogen and oxygen atoms in total. The summed E-state index contributed by atoms with van der Waals surface area (Å²) in [6, 6.07) is 0.377. The molecule has 72 valence electrons. The molecule has 0 aliphatic heterocycles. The maximum atomic E-state index is 6.04. The SMILES string of the molecule is CNCC(N)C1CCC(C)CC1. The van der Waals surface area contributed by atoms with Crippen LogP contribution in [-0.2, 0) is 0 Å². The van der Waals surface area contributed by atoms with Crippen LogP contribution in [0, 0.1) is 11.8 Å². The highest BCUT2D eigenvalue weighted by atomic mass is 14.9. The van der Waals surface area contributed by atoms with Crippen LogP contribution in [0.25, 0.3) is 0 Å². The molecule has 1 fully saturated rings. The molecule has 0 saturated heterocycles. The summed E-state index contributed by atoms with van der Waals surface area (Å²) in [4.78, 5) is 0. The van der Waals surface area contributed by atoms with Crippen molar-refractivity contribution >= 4 is 0 Å². The van der Waals surface area contributed by atoms with Gasteiger partial charge in [0.15, 0.2) is 0 Å². The number of rotatable bonds is 3. The van der Waals surface area contributed by atoms with Crippen LogP contribution in [0.1, 0.15) is 32.6 Å². The average Bonchev–Trinajstić information content (AvgIpc) is 2.06. The summed E-state index contributed by atoms with van der Waals surface area (Å²) in [5, 5.41) is 3.15. The third-order valence-corrected chi connectivity index (χ3v) is 3.11. The molecular weight excluding hydrogens is 148 g/mol. The summed E-state index contributed by atoms with van der Waals surface area (Å²) in [5.41, 5.74) is 6.04. The molecule has 0 aromatic rings. The zero-order valence-electron chi connectivity index (χ0n) is 8.34. The van der Waals surface area contributed by atoms with E-state index in [0.29, 0.717) is 6.04 Å².